The first-order valence-corrected chi connectivity index (χ1v) is 6.55. The highest BCUT2D eigenvalue weighted by Crippen LogP contribution is 2.33. The zero-order chi connectivity index (χ0) is 13.0. The predicted molar refractivity (Wildman–Crippen MR) is 73.1 cm³/mol. The van der Waals surface area contributed by atoms with Gasteiger partial charge in [0.2, 0.25) is 0 Å². The third-order valence-corrected chi connectivity index (χ3v) is 3.83. The van der Waals surface area contributed by atoms with Gasteiger partial charge in [-0.1, -0.05) is 48.2 Å². The summed E-state index contributed by atoms with van der Waals surface area (Å²) in [5.41, 5.74) is 0.860. The van der Waals surface area contributed by atoms with Crippen molar-refractivity contribution in [1.82, 2.24) is 0 Å². The van der Waals surface area contributed by atoms with E-state index in [1.807, 2.05) is 54.6 Å². The van der Waals surface area contributed by atoms with E-state index in [-0.39, 0.29) is 0 Å². The van der Waals surface area contributed by atoms with Crippen molar-refractivity contribution in [3.63, 3.8) is 0 Å². The first kappa shape index (κ1) is 12.7. The van der Waals surface area contributed by atoms with Gasteiger partial charge in [0.05, 0.1) is 5.92 Å². The standard InChI is InChI=1S/C15H14O2S/c1-11(15(16)17)13-9-5-6-10-14(13)18-12-7-3-2-4-8-12/h2-11H,1H3,(H,16,17). The van der Waals surface area contributed by atoms with E-state index >= 15 is 0 Å². The predicted octanol–water partition coefficient (Wildman–Crippen LogP) is 4.03. The Labute approximate surface area is 111 Å². The van der Waals surface area contributed by atoms with Gasteiger partial charge in [0.15, 0.2) is 0 Å². The van der Waals surface area contributed by atoms with E-state index in [4.69, 9.17) is 5.11 Å². The molecule has 0 aromatic heterocycles. The molecule has 92 valence electrons. The molecule has 1 atom stereocenters. The SMILES string of the molecule is CC(C(=O)O)c1ccccc1Sc1ccccc1. The molecule has 0 radical (unpaired) electrons. The molecule has 0 aliphatic heterocycles. The minimum absolute atomic E-state index is 0.489. The van der Waals surface area contributed by atoms with Crippen molar-refractivity contribution in [1.29, 1.82) is 0 Å². The van der Waals surface area contributed by atoms with E-state index < -0.39 is 11.9 Å². The zero-order valence-electron chi connectivity index (χ0n) is 10.0. The summed E-state index contributed by atoms with van der Waals surface area (Å²) in [5.74, 6) is -1.28. The largest absolute Gasteiger partial charge is 0.481 e. The van der Waals surface area contributed by atoms with E-state index in [0.29, 0.717) is 0 Å². The van der Waals surface area contributed by atoms with Gasteiger partial charge in [-0.05, 0) is 30.7 Å². The molecule has 0 spiro atoms. The molecule has 0 aliphatic carbocycles. The van der Waals surface area contributed by atoms with Crippen molar-refractivity contribution < 1.29 is 9.90 Å². The number of carboxylic acid groups (broad SMARTS) is 1. The number of hydrogen-bond acceptors (Lipinski definition) is 2. The minimum atomic E-state index is -0.795. The van der Waals surface area contributed by atoms with Crippen LogP contribution in [0.5, 0.6) is 0 Å². The summed E-state index contributed by atoms with van der Waals surface area (Å²) in [6.07, 6.45) is 0. The molecular weight excluding hydrogens is 244 g/mol. The molecule has 2 nitrogen and oxygen atoms in total. The summed E-state index contributed by atoms with van der Waals surface area (Å²) in [6.45, 7) is 1.72. The molecule has 0 heterocycles. The Morgan fingerprint density at radius 1 is 1.06 bits per heavy atom. The Bertz CT molecular complexity index is 537. The summed E-state index contributed by atoms with van der Waals surface area (Å²) in [7, 11) is 0. The second-order valence-electron chi connectivity index (χ2n) is 4.01. The lowest BCUT2D eigenvalue weighted by molar-refractivity contribution is -0.138. The number of rotatable bonds is 4. The van der Waals surface area contributed by atoms with Gasteiger partial charge in [-0.3, -0.25) is 4.79 Å². The average molecular weight is 258 g/mol. The second-order valence-corrected chi connectivity index (χ2v) is 5.13. The zero-order valence-corrected chi connectivity index (χ0v) is 10.9. The van der Waals surface area contributed by atoms with Gasteiger partial charge in [0, 0.05) is 9.79 Å². The van der Waals surface area contributed by atoms with Crippen molar-refractivity contribution in [2.45, 2.75) is 22.6 Å². The highest BCUT2D eigenvalue weighted by molar-refractivity contribution is 7.99. The van der Waals surface area contributed by atoms with E-state index in [1.54, 1.807) is 18.7 Å². The van der Waals surface area contributed by atoms with Crippen LogP contribution in [0.2, 0.25) is 0 Å². The maximum absolute atomic E-state index is 11.1. The van der Waals surface area contributed by atoms with Gasteiger partial charge in [0.1, 0.15) is 0 Å². The number of hydrogen-bond donors (Lipinski definition) is 1. The van der Waals surface area contributed by atoms with Crippen molar-refractivity contribution >= 4 is 17.7 Å². The van der Waals surface area contributed by atoms with Crippen LogP contribution in [0, 0.1) is 0 Å². The summed E-state index contributed by atoms with van der Waals surface area (Å²) in [6, 6.07) is 17.6. The van der Waals surface area contributed by atoms with Crippen molar-refractivity contribution in [3.05, 3.63) is 60.2 Å². The lowest BCUT2D eigenvalue weighted by atomic mass is 10.0. The molecule has 2 aromatic carbocycles. The molecule has 0 saturated carbocycles. The third-order valence-electron chi connectivity index (χ3n) is 2.73. The topological polar surface area (TPSA) is 37.3 Å². The van der Waals surface area contributed by atoms with E-state index in [1.165, 1.54) is 0 Å². The quantitative estimate of drug-likeness (QED) is 0.899. The van der Waals surface area contributed by atoms with Crippen LogP contribution >= 0.6 is 11.8 Å². The van der Waals surface area contributed by atoms with Gasteiger partial charge in [-0.15, -0.1) is 0 Å². The van der Waals surface area contributed by atoms with E-state index in [9.17, 15) is 4.79 Å². The Kier molecular flexibility index (Phi) is 4.05. The van der Waals surface area contributed by atoms with E-state index in [2.05, 4.69) is 0 Å². The fourth-order valence-electron chi connectivity index (χ4n) is 1.68. The summed E-state index contributed by atoms with van der Waals surface area (Å²) >= 11 is 1.60. The van der Waals surface area contributed by atoms with Gasteiger partial charge in [0.25, 0.3) is 0 Å². The molecule has 1 N–H and O–H groups in total. The van der Waals surface area contributed by atoms with Gasteiger partial charge >= 0.3 is 5.97 Å². The van der Waals surface area contributed by atoms with Crippen LogP contribution in [0.25, 0.3) is 0 Å². The van der Waals surface area contributed by atoms with Crippen molar-refractivity contribution in [3.8, 4) is 0 Å². The molecule has 0 amide bonds. The molecule has 2 rings (SSSR count). The number of benzene rings is 2. The van der Waals surface area contributed by atoms with Crippen LogP contribution in [0.15, 0.2) is 64.4 Å². The number of carboxylic acids is 1. The molecular formula is C15H14O2S. The molecule has 0 aliphatic rings. The van der Waals surface area contributed by atoms with Gasteiger partial charge in [-0.2, -0.15) is 0 Å². The number of carbonyl (C=O) groups is 1. The number of aliphatic carboxylic acids is 1. The highest BCUT2D eigenvalue weighted by atomic mass is 32.2. The summed E-state index contributed by atoms with van der Waals surface area (Å²) in [5, 5.41) is 9.12. The fourth-order valence-corrected chi connectivity index (χ4v) is 2.74. The monoisotopic (exact) mass is 258 g/mol. The fraction of sp³-hybridized carbons (Fsp3) is 0.133. The third kappa shape index (κ3) is 2.93. The molecule has 0 fully saturated rings. The van der Waals surface area contributed by atoms with Gasteiger partial charge < -0.3 is 5.11 Å². The molecule has 3 heteroatoms. The lowest BCUT2D eigenvalue weighted by Gasteiger charge is -2.12. The molecule has 0 bridgehead atoms. The van der Waals surface area contributed by atoms with Gasteiger partial charge in [-0.25, -0.2) is 0 Å². The van der Waals surface area contributed by atoms with Crippen LogP contribution in [-0.2, 0) is 4.79 Å². The van der Waals surface area contributed by atoms with Crippen LogP contribution < -0.4 is 0 Å². The Hall–Kier alpha value is -1.74. The summed E-state index contributed by atoms with van der Waals surface area (Å²) < 4.78 is 0. The Morgan fingerprint density at radius 3 is 2.33 bits per heavy atom. The smallest absolute Gasteiger partial charge is 0.310 e. The average Bonchev–Trinajstić information content (AvgIpc) is 2.39. The highest BCUT2D eigenvalue weighted by Gasteiger charge is 2.17. The molecule has 1 unspecified atom stereocenters. The molecule has 2 aromatic rings. The van der Waals surface area contributed by atoms with Crippen LogP contribution in [0.1, 0.15) is 18.4 Å². The lowest BCUT2D eigenvalue weighted by Crippen LogP contribution is -2.08. The Balaban J connectivity index is 2.31. The molecule has 18 heavy (non-hydrogen) atoms. The van der Waals surface area contributed by atoms with Crippen LogP contribution in [0.3, 0.4) is 0 Å². The Morgan fingerprint density at radius 2 is 1.67 bits per heavy atom. The second kappa shape index (κ2) is 5.74. The van der Waals surface area contributed by atoms with Crippen molar-refractivity contribution in [2.75, 3.05) is 0 Å². The summed E-state index contributed by atoms with van der Waals surface area (Å²) in [4.78, 5) is 13.2. The maximum Gasteiger partial charge on any atom is 0.310 e. The van der Waals surface area contributed by atoms with Crippen molar-refractivity contribution in [2.24, 2.45) is 0 Å². The van der Waals surface area contributed by atoms with E-state index in [0.717, 1.165) is 15.4 Å². The first-order chi connectivity index (χ1) is 8.68. The maximum atomic E-state index is 11.1. The normalized spacial score (nSPS) is 12.1. The molecule has 0 saturated heterocycles. The minimum Gasteiger partial charge on any atom is -0.481 e. The van der Waals surface area contributed by atoms with Crippen LogP contribution in [0.4, 0.5) is 0 Å². The first-order valence-electron chi connectivity index (χ1n) is 5.73. The van der Waals surface area contributed by atoms with Crippen LogP contribution in [-0.4, -0.2) is 11.1 Å².